The molecule has 0 spiro atoms. The van der Waals surface area contributed by atoms with Crippen molar-refractivity contribution in [1.82, 2.24) is 4.98 Å². The molecule has 1 heterocycles. The number of nitro benzene ring substituents is 1. The molecule has 0 radical (unpaired) electrons. The number of H-pyrrole nitrogens is 1. The van der Waals surface area contributed by atoms with Crippen molar-refractivity contribution in [2.75, 3.05) is 0 Å². The van der Waals surface area contributed by atoms with Crippen LogP contribution in [0.15, 0.2) is 75.6 Å². The first-order valence-electron chi connectivity index (χ1n) is 9.96. The standard InChI is InChI=1S/C24H23N3O3/c1-3-19-18-13-16(2)15-24(19,20-10-11-23(28)26-21(20)14-18)25-12-6-8-17-7-4-5-9-22(17)27(29)30/h3-13,18H,14-15H2,1-2H3,(H,26,28)/t18-,24+/m0/s1. The van der Waals surface area contributed by atoms with Gasteiger partial charge in [-0.05, 0) is 50.1 Å². The number of aromatic amines is 1. The molecule has 0 amide bonds. The quantitative estimate of drug-likeness (QED) is 0.348. The van der Waals surface area contributed by atoms with E-state index in [1.165, 1.54) is 17.2 Å². The molecule has 2 aliphatic rings. The Morgan fingerprint density at radius 3 is 2.83 bits per heavy atom. The Kier molecular flexibility index (Phi) is 5.08. The van der Waals surface area contributed by atoms with Crippen LogP contribution in [0.4, 0.5) is 5.69 Å². The first-order valence-corrected chi connectivity index (χ1v) is 9.96. The highest BCUT2D eigenvalue weighted by Crippen LogP contribution is 2.51. The van der Waals surface area contributed by atoms with Crippen molar-refractivity contribution < 1.29 is 4.92 Å². The van der Waals surface area contributed by atoms with Crippen molar-refractivity contribution in [1.29, 1.82) is 0 Å². The fourth-order valence-electron chi connectivity index (χ4n) is 4.76. The van der Waals surface area contributed by atoms with E-state index in [1.807, 2.05) is 13.0 Å². The fourth-order valence-corrected chi connectivity index (χ4v) is 4.76. The molecule has 2 aromatic rings. The van der Waals surface area contributed by atoms with Crippen molar-refractivity contribution in [3.63, 3.8) is 0 Å². The summed E-state index contributed by atoms with van der Waals surface area (Å²) in [6, 6.07) is 10.1. The van der Waals surface area contributed by atoms with Gasteiger partial charge in [0.25, 0.3) is 5.69 Å². The van der Waals surface area contributed by atoms with E-state index in [1.54, 1.807) is 42.6 Å². The lowest BCUT2D eigenvalue weighted by Crippen LogP contribution is -2.40. The van der Waals surface area contributed by atoms with E-state index in [0.29, 0.717) is 5.56 Å². The smallest absolute Gasteiger partial charge is 0.276 e. The van der Waals surface area contributed by atoms with E-state index in [-0.39, 0.29) is 22.1 Å². The summed E-state index contributed by atoms with van der Waals surface area (Å²) in [5.74, 6) is 0.200. The van der Waals surface area contributed by atoms with E-state index in [4.69, 9.17) is 4.99 Å². The first kappa shape index (κ1) is 19.8. The SMILES string of the molecule is CC=C1[C@H]2C=C(C)C[C@]1(N=CC=Cc1ccccc1[N+](=O)[O-])c1ccc(=O)[nH]c1C2. The predicted octanol–water partition coefficient (Wildman–Crippen LogP) is 4.73. The van der Waals surface area contributed by atoms with Crippen LogP contribution >= 0.6 is 0 Å². The van der Waals surface area contributed by atoms with Crippen LogP contribution in [0, 0.1) is 16.0 Å². The van der Waals surface area contributed by atoms with Crippen LogP contribution in [0.25, 0.3) is 6.08 Å². The molecule has 2 aliphatic carbocycles. The van der Waals surface area contributed by atoms with Crippen LogP contribution in [-0.4, -0.2) is 16.1 Å². The maximum Gasteiger partial charge on any atom is 0.276 e. The molecule has 152 valence electrons. The van der Waals surface area contributed by atoms with Crippen molar-refractivity contribution in [2.24, 2.45) is 10.9 Å². The maximum atomic E-state index is 11.9. The number of nitro groups is 1. The largest absolute Gasteiger partial charge is 0.326 e. The first-order chi connectivity index (χ1) is 14.4. The van der Waals surface area contributed by atoms with Gasteiger partial charge in [0, 0.05) is 41.9 Å². The number of benzene rings is 1. The Morgan fingerprint density at radius 1 is 1.27 bits per heavy atom. The Hall–Kier alpha value is -3.54. The molecule has 0 saturated heterocycles. The second kappa shape index (κ2) is 7.71. The number of aromatic nitrogens is 1. The zero-order chi connectivity index (χ0) is 21.3. The minimum absolute atomic E-state index is 0.0616. The van der Waals surface area contributed by atoms with Gasteiger partial charge in [-0.15, -0.1) is 0 Å². The summed E-state index contributed by atoms with van der Waals surface area (Å²) in [5.41, 5.74) is 4.37. The predicted molar refractivity (Wildman–Crippen MR) is 119 cm³/mol. The summed E-state index contributed by atoms with van der Waals surface area (Å²) >= 11 is 0. The lowest BCUT2D eigenvalue weighted by atomic mass is 9.63. The number of hydrogen-bond acceptors (Lipinski definition) is 4. The topological polar surface area (TPSA) is 88.4 Å². The third-order valence-electron chi connectivity index (χ3n) is 5.87. The number of rotatable bonds is 4. The van der Waals surface area contributed by atoms with Gasteiger partial charge in [-0.25, -0.2) is 0 Å². The highest BCUT2D eigenvalue weighted by molar-refractivity contribution is 5.81. The molecule has 1 N–H and O–H groups in total. The Labute approximate surface area is 174 Å². The second-order valence-corrected chi connectivity index (χ2v) is 7.77. The summed E-state index contributed by atoms with van der Waals surface area (Å²) < 4.78 is 0. The molecule has 0 saturated carbocycles. The summed E-state index contributed by atoms with van der Waals surface area (Å²) in [5, 5.41) is 11.2. The Bertz CT molecular complexity index is 1190. The average Bonchev–Trinajstić information content (AvgIpc) is 2.70. The molecule has 6 heteroatoms. The monoisotopic (exact) mass is 401 g/mol. The van der Waals surface area contributed by atoms with Crippen molar-refractivity contribution in [3.8, 4) is 0 Å². The van der Waals surface area contributed by atoms with Gasteiger partial charge in [0.2, 0.25) is 5.56 Å². The van der Waals surface area contributed by atoms with Crippen molar-refractivity contribution >= 4 is 18.0 Å². The van der Waals surface area contributed by atoms with E-state index in [0.717, 1.165) is 24.1 Å². The summed E-state index contributed by atoms with van der Waals surface area (Å²) in [6.07, 6.45) is 11.0. The third kappa shape index (κ3) is 3.34. The average molecular weight is 401 g/mol. The lowest BCUT2D eigenvalue weighted by molar-refractivity contribution is -0.385. The van der Waals surface area contributed by atoms with Gasteiger partial charge in [-0.2, -0.15) is 0 Å². The number of nitrogens with one attached hydrogen (secondary N) is 1. The molecule has 2 bridgehead atoms. The van der Waals surface area contributed by atoms with Gasteiger partial charge in [0.05, 0.1) is 10.5 Å². The van der Waals surface area contributed by atoms with Gasteiger partial charge in [-0.1, -0.05) is 29.9 Å². The highest BCUT2D eigenvalue weighted by Gasteiger charge is 2.46. The third-order valence-corrected chi connectivity index (χ3v) is 5.87. The minimum atomic E-state index is -0.566. The van der Waals surface area contributed by atoms with E-state index in [2.05, 4.69) is 24.1 Å². The van der Waals surface area contributed by atoms with Crippen LogP contribution < -0.4 is 5.56 Å². The Morgan fingerprint density at radius 2 is 2.07 bits per heavy atom. The maximum absolute atomic E-state index is 11.9. The molecule has 1 aromatic carbocycles. The summed E-state index contributed by atoms with van der Waals surface area (Å²) in [4.78, 5) is 30.7. The molecule has 1 aromatic heterocycles. The number of pyridine rings is 1. The number of nitrogens with zero attached hydrogens (tertiary/aromatic N) is 2. The number of allylic oxidation sites excluding steroid dienone is 3. The fraction of sp³-hybridized carbons (Fsp3) is 0.250. The van der Waals surface area contributed by atoms with Crippen LogP contribution in [0.1, 0.15) is 37.1 Å². The van der Waals surface area contributed by atoms with Crippen LogP contribution in [-0.2, 0) is 12.0 Å². The molecule has 4 rings (SSSR count). The number of hydrogen-bond donors (Lipinski definition) is 1. The van der Waals surface area contributed by atoms with E-state index < -0.39 is 5.54 Å². The molecular weight excluding hydrogens is 378 g/mol. The molecule has 30 heavy (non-hydrogen) atoms. The highest BCUT2D eigenvalue weighted by atomic mass is 16.6. The van der Waals surface area contributed by atoms with Gasteiger partial charge in [0.15, 0.2) is 0 Å². The Balaban J connectivity index is 1.77. The lowest BCUT2D eigenvalue weighted by Gasteiger charge is -2.45. The van der Waals surface area contributed by atoms with E-state index >= 15 is 0 Å². The molecule has 0 aliphatic heterocycles. The van der Waals surface area contributed by atoms with Crippen molar-refractivity contribution in [2.45, 2.75) is 32.2 Å². The number of fused-ring (bicyclic) bond motifs is 4. The van der Waals surface area contributed by atoms with E-state index in [9.17, 15) is 14.9 Å². The zero-order valence-electron chi connectivity index (χ0n) is 17.0. The molecule has 0 unspecified atom stereocenters. The van der Waals surface area contributed by atoms with Gasteiger partial charge >= 0.3 is 0 Å². The van der Waals surface area contributed by atoms with Gasteiger partial charge < -0.3 is 4.98 Å². The van der Waals surface area contributed by atoms with Crippen LogP contribution in [0.2, 0.25) is 0 Å². The number of para-hydroxylation sites is 1. The zero-order valence-corrected chi connectivity index (χ0v) is 17.0. The van der Waals surface area contributed by atoms with Crippen LogP contribution in [0.5, 0.6) is 0 Å². The number of aliphatic imine (C=N–C) groups is 1. The minimum Gasteiger partial charge on any atom is -0.326 e. The van der Waals surface area contributed by atoms with Gasteiger partial charge in [0.1, 0.15) is 5.54 Å². The second-order valence-electron chi connectivity index (χ2n) is 7.77. The van der Waals surface area contributed by atoms with Crippen molar-refractivity contribution in [3.05, 3.63) is 103 Å². The molecule has 2 atom stereocenters. The normalized spacial score (nSPS) is 24.3. The van der Waals surface area contributed by atoms with Gasteiger partial charge in [-0.3, -0.25) is 19.9 Å². The molecule has 6 nitrogen and oxygen atoms in total. The summed E-state index contributed by atoms with van der Waals surface area (Å²) in [7, 11) is 0. The molecule has 0 fully saturated rings. The summed E-state index contributed by atoms with van der Waals surface area (Å²) in [6.45, 7) is 4.14. The van der Waals surface area contributed by atoms with Crippen LogP contribution in [0.3, 0.4) is 0 Å². The molecular formula is C24H23N3O3.